The number of aromatic nitrogens is 2. The van der Waals surface area contributed by atoms with Crippen molar-refractivity contribution in [1.29, 1.82) is 0 Å². The maximum absolute atomic E-state index is 13.1. The molecule has 18 heavy (non-hydrogen) atoms. The number of hydrogen-bond donors (Lipinski definition) is 1. The minimum Gasteiger partial charge on any atom is -0.380 e. The van der Waals surface area contributed by atoms with Crippen LogP contribution in [-0.2, 0) is 4.74 Å². The van der Waals surface area contributed by atoms with Crippen LogP contribution in [0.15, 0.2) is 28.8 Å². The Balaban J connectivity index is 2.25. The van der Waals surface area contributed by atoms with Crippen LogP contribution in [0.2, 0.25) is 0 Å². The highest BCUT2D eigenvalue weighted by molar-refractivity contribution is 5.53. The Kier molecular flexibility index (Phi) is 3.69. The third kappa shape index (κ3) is 2.55. The van der Waals surface area contributed by atoms with E-state index in [0.29, 0.717) is 11.4 Å². The minimum atomic E-state index is -0.509. The fraction of sp³-hybridized carbons (Fsp3) is 0.333. The van der Waals surface area contributed by atoms with Gasteiger partial charge in [-0.3, -0.25) is 0 Å². The molecule has 0 radical (unpaired) electrons. The van der Waals surface area contributed by atoms with Gasteiger partial charge in [0.15, 0.2) is 0 Å². The second kappa shape index (κ2) is 5.24. The first-order chi connectivity index (χ1) is 8.61. The molecule has 0 aliphatic heterocycles. The molecule has 0 spiro atoms. The summed E-state index contributed by atoms with van der Waals surface area (Å²) in [7, 11) is 1.55. The third-order valence-corrected chi connectivity index (χ3v) is 2.69. The lowest BCUT2D eigenvalue weighted by Crippen LogP contribution is -2.25. The van der Waals surface area contributed by atoms with Crippen LogP contribution < -0.4 is 5.73 Å². The van der Waals surface area contributed by atoms with Crippen LogP contribution in [0.25, 0.3) is 11.4 Å². The van der Waals surface area contributed by atoms with Crippen molar-refractivity contribution < 1.29 is 13.7 Å². The van der Waals surface area contributed by atoms with Gasteiger partial charge in [-0.1, -0.05) is 17.3 Å². The molecular weight excluding hydrogens is 237 g/mol. The van der Waals surface area contributed by atoms with Gasteiger partial charge < -0.3 is 15.0 Å². The van der Waals surface area contributed by atoms with Crippen molar-refractivity contribution in [3.8, 4) is 11.4 Å². The monoisotopic (exact) mass is 251 g/mol. The van der Waals surface area contributed by atoms with Gasteiger partial charge in [0, 0.05) is 12.7 Å². The summed E-state index contributed by atoms with van der Waals surface area (Å²) in [6.45, 7) is 1.80. The fourth-order valence-corrected chi connectivity index (χ4v) is 1.46. The van der Waals surface area contributed by atoms with Gasteiger partial charge >= 0.3 is 0 Å². The molecule has 0 fully saturated rings. The predicted molar refractivity (Wildman–Crippen MR) is 63.1 cm³/mol. The smallest absolute Gasteiger partial charge is 0.246 e. The van der Waals surface area contributed by atoms with E-state index in [2.05, 4.69) is 10.1 Å². The van der Waals surface area contributed by atoms with E-state index in [9.17, 15) is 4.39 Å². The summed E-state index contributed by atoms with van der Waals surface area (Å²) in [5.41, 5.74) is 6.42. The van der Waals surface area contributed by atoms with Crippen molar-refractivity contribution in [3.05, 3.63) is 36.0 Å². The lowest BCUT2D eigenvalue weighted by molar-refractivity contribution is 0.0848. The highest BCUT2D eigenvalue weighted by Gasteiger charge is 2.21. The van der Waals surface area contributed by atoms with E-state index >= 15 is 0 Å². The Hall–Kier alpha value is -1.79. The van der Waals surface area contributed by atoms with E-state index in [4.69, 9.17) is 15.0 Å². The summed E-state index contributed by atoms with van der Waals surface area (Å²) < 4.78 is 23.2. The second-order valence-corrected chi connectivity index (χ2v) is 3.93. The number of halogens is 1. The maximum atomic E-state index is 13.1. The molecule has 6 heteroatoms. The van der Waals surface area contributed by atoms with Crippen molar-refractivity contribution in [3.63, 3.8) is 0 Å². The van der Waals surface area contributed by atoms with Gasteiger partial charge in [-0.05, 0) is 19.1 Å². The van der Waals surface area contributed by atoms with Gasteiger partial charge in [-0.2, -0.15) is 4.98 Å². The summed E-state index contributed by atoms with van der Waals surface area (Å²) in [5, 5.41) is 3.78. The molecule has 1 aromatic carbocycles. The largest absolute Gasteiger partial charge is 0.380 e. The number of benzene rings is 1. The van der Waals surface area contributed by atoms with E-state index in [1.54, 1.807) is 26.2 Å². The molecule has 0 amide bonds. The van der Waals surface area contributed by atoms with E-state index in [-0.39, 0.29) is 17.8 Å². The summed E-state index contributed by atoms with van der Waals surface area (Å²) in [6.07, 6.45) is -0.245. The molecule has 0 aliphatic rings. The van der Waals surface area contributed by atoms with Crippen molar-refractivity contribution >= 4 is 0 Å². The van der Waals surface area contributed by atoms with E-state index < -0.39 is 6.04 Å². The number of rotatable bonds is 4. The zero-order valence-corrected chi connectivity index (χ0v) is 10.1. The molecule has 1 aromatic heterocycles. The van der Waals surface area contributed by atoms with Gasteiger partial charge in [0.25, 0.3) is 0 Å². The van der Waals surface area contributed by atoms with Gasteiger partial charge in [-0.25, -0.2) is 4.39 Å². The maximum Gasteiger partial charge on any atom is 0.246 e. The Labute approximate surface area is 104 Å². The van der Waals surface area contributed by atoms with Crippen molar-refractivity contribution in [1.82, 2.24) is 10.1 Å². The molecule has 2 N–H and O–H groups in total. The van der Waals surface area contributed by atoms with Gasteiger partial charge in [-0.15, -0.1) is 0 Å². The minimum absolute atomic E-state index is 0.245. The van der Waals surface area contributed by atoms with Crippen LogP contribution in [0.1, 0.15) is 18.9 Å². The van der Waals surface area contributed by atoms with Gasteiger partial charge in [0.05, 0.1) is 6.10 Å². The molecule has 5 nitrogen and oxygen atoms in total. The quantitative estimate of drug-likeness (QED) is 0.898. The molecule has 0 unspecified atom stereocenters. The van der Waals surface area contributed by atoms with Crippen molar-refractivity contribution in [2.75, 3.05) is 7.11 Å². The lowest BCUT2D eigenvalue weighted by Gasteiger charge is -2.13. The number of nitrogens with two attached hydrogens (primary N) is 1. The lowest BCUT2D eigenvalue weighted by atomic mass is 10.2. The number of nitrogens with zero attached hydrogens (tertiary/aromatic N) is 2. The Morgan fingerprint density at radius 3 is 2.89 bits per heavy atom. The molecule has 1 heterocycles. The Morgan fingerprint density at radius 2 is 2.22 bits per heavy atom. The first-order valence-corrected chi connectivity index (χ1v) is 5.49. The van der Waals surface area contributed by atoms with Crippen LogP contribution in [0.5, 0.6) is 0 Å². The van der Waals surface area contributed by atoms with E-state index in [1.165, 1.54) is 12.1 Å². The highest BCUT2D eigenvalue weighted by atomic mass is 19.1. The Morgan fingerprint density at radius 1 is 1.44 bits per heavy atom. The molecule has 0 saturated carbocycles. The van der Waals surface area contributed by atoms with Crippen molar-refractivity contribution in [2.45, 2.75) is 19.1 Å². The van der Waals surface area contributed by atoms with Crippen LogP contribution in [0.3, 0.4) is 0 Å². The average molecular weight is 251 g/mol. The summed E-state index contributed by atoms with van der Waals surface area (Å²) in [6, 6.07) is 5.45. The first-order valence-electron chi connectivity index (χ1n) is 5.49. The molecule has 2 atom stereocenters. The molecule has 2 aromatic rings. The van der Waals surface area contributed by atoms with E-state index in [1.807, 2.05) is 0 Å². The molecule has 2 rings (SSSR count). The van der Waals surface area contributed by atoms with Crippen LogP contribution in [0.4, 0.5) is 4.39 Å². The standard InChI is InChI=1S/C12H14FN3O2/c1-7(17-2)10(14)12-15-11(16-18-12)8-4-3-5-9(13)6-8/h3-7,10H,14H2,1-2H3/t7-,10+/m0/s1. The summed E-state index contributed by atoms with van der Waals surface area (Å²) in [5.74, 6) is 0.222. The average Bonchev–Trinajstić information content (AvgIpc) is 2.86. The SMILES string of the molecule is CO[C@@H](C)[C@@H](N)c1nc(-c2cccc(F)c2)no1. The molecule has 0 saturated heterocycles. The summed E-state index contributed by atoms with van der Waals surface area (Å²) >= 11 is 0. The number of ether oxygens (including phenoxy) is 1. The molecule has 0 aliphatic carbocycles. The summed E-state index contributed by atoms with van der Waals surface area (Å²) in [4.78, 5) is 4.14. The van der Waals surface area contributed by atoms with Crippen LogP contribution in [-0.4, -0.2) is 23.4 Å². The van der Waals surface area contributed by atoms with Crippen LogP contribution >= 0.6 is 0 Å². The molecule has 0 bridgehead atoms. The number of methoxy groups -OCH3 is 1. The highest BCUT2D eigenvalue weighted by Crippen LogP contribution is 2.20. The second-order valence-electron chi connectivity index (χ2n) is 3.93. The van der Waals surface area contributed by atoms with Gasteiger partial charge in [0.1, 0.15) is 11.9 Å². The van der Waals surface area contributed by atoms with Crippen molar-refractivity contribution in [2.24, 2.45) is 5.73 Å². The zero-order chi connectivity index (χ0) is 13.1. The fourth-order valence-electron chi connectivity index (χ4n) is 1.46. The predicted octanol–water partition coefficient (Wildman–Crippen LogP) is 1.91. The molecule has 96 valence electrons. The topological polar surface area (TPSA) is 74.2 Å². The normalized spacial score (nSPS) is 14.4. The number of hydrogen-bond acceptors (Lipinski definition) is 5. The third-order valence-electron chi connectivity index (χ3n) is 2.69. The Bertz CT molecular complexity index is 530. The molecular formula is C12H14FN3O2. The zero-order valence-electron chi connectivity index (χ0n) is 10.1. The van der Waals surface area contributed by atoms with Gasteiger partial charge in [0.2, 0.25) is 11.7 Å². The first kappa shape index (κ1) is 12.7. The van der Waals surface area contributed by atoms with Crippen LogP contribution in [0, 0.1) is 5.82 Å². The van der Waals surface area contributed by atoms with E-state index in [0.717, 1.165) is 0 Å².